The number of ether oxygens (including phenoxy) is 1. The first-order valence-electron chi connectivity index (χ1n) is 4.01. The molecule has 0 amide bonds. The zero-order valence-electron chi connectivity index (χ0n) is 7.28. The van der Waals surface area contributed by atoms with E-state index >= 15 is 0 Å². The van der Waals surface area contributed by atoms with E-state index in [4.69, 9.17) is 14.3 Å². The third kappa shape index (κ3) is 1.38. The number of furan rings is 1. The van der Waals surface area contributed by atoms with E-state index in [0.29, 0.717) is 5.76 Å². The van der Waals surface area contributed by atoms with E-state index in [9.17, 15) is 0 Å². The molecule has 1 aromatic carbocycles. The van der Waals surface area contributed by atoms with Gasteiger partial charge >= 0.3 is 0 Å². The van der Waals surface area contributed by atoms with Crippen molar-refractivity contribution in [1.29, 1.82) is 0 Å². The molecule has 0 aliphatic heterocycles. The van der Waals surface area contributed by atoms with Crippen LogP contribution in [-0.4, -0.2) is 12.2 Å². The highest BCUT2D eigenvalue weighted by molar-refractivity contribution is 5.79. The smallest absolute Gasteiger partial charge is 0.138 e. The van der Waals surface area contributed by atoms with Crippen molar-refractivity contribution in [3.8, 4) is 5.75 Å². The predicted molar refractivity (Wildman–Crippen MR) is 48.7 cm³/mol. The molecule has 1 aromatic heterocycles. The summed E-state index contributed by atoms with van der Waals surface area (Å²) < 4.78 is 10.4. The molecular formula is C10H10O3. The van der Waals surface area contributed by atoms with Crippen LogP contribution in [0, 0.1) is 0 Å². The van der Waals surface area contributed by atoms with Crippen molar-refractivity contribution >= 4 is 11.0 Å². The van der Waals surface area contributed by atoms with E-state index in [2.05, 4.69) is 0 Å². The minimum Gasteiger partial charge on any atom is -0.497 e. The molecule has 13 heavy (non-hydrogen) atoms. The van der Waals surface area contributed by atoms with Crippen LogP contribution in [0.4, 0.5) is 0 Å². The van der Waals surface area contributed by atoms with Crippen LogP contribution < -0.4 is 4.74 Å². The number of aliphatic hydroxyl groups is 1. The maximum Gasteiger partial charge on any atom is 0.138 e. The number of rotatable bonds is 2. The summed E-state index contributed by atoms with van der Waals surface area (Å²) in [6.45, 7) is -0.0724. The van der Waals surface area contributed by atoms with Crippen molar-refractivity contribution in [2.24, 2.45) is 0 Å². The first kappa shape index (κ1) is 8.13. The average molecular weight is 178 g/mol. The van der Waals surface area contributed by atoms with E-state index in [1.54, 1.807) is 13.2 Å². The second-order valence-electron chi connectivity index (χ2n) is 2.77. The number of benzene rings is 1. The summed E-state index contributed by atoms with van der Waals surface area (Å²) in [6.07, 6.45) is 0. The summed E-state index contributed by atoms with van der Waals surface area (Å²) >= 11 is 0. The third-order valence-corrected chi connectivity index (χ3v) is 1.93. The lowest BCUT2D eigenvalue weighted by molar-refractivity contribution is 0.251. The van der Waals surface area contributed by atoms with Crippen LogP contribution in [0.3, 0.4) is 0 Å². The fourth-order valence-electron chi connectivity index (χ4n) is 1.27. The molecule has 0 saturated heterocycles. The highest BCUT2D eigenvalue weighted by atomic mass is 16.5. The molecular weight excluding hydrogens is 168 g/mol. The summed E-state index contributed by atoms with van der Waals surface area (Å²) in [7, 11) is 1.61. The Balaban J connectivity index is 2.57. The van der Waals surface area contributed by atoms with Crippen LogP contribution >= 0.6 is 0 Å². The summed E-state index contributed by atoms with van der Waals surface area (Å²) in [6, 6.07) is 7.37. The Bertz CT molecular complexity index is 415. The maximum atomic E-state index is 8.84. The molecule has 3 heteroatoms. The van der Waals surface area contributed by atoms with Gasteiger partial charge in [0.25, 0.3) is 0 Å². The minimum atomic E-state index is -0.0724. The standard InChI is InChI=1S/C10H10O3/c1-12-8-3-2-7-4-9(6-11)13-10(7)5-8/h2-5,11H,6H2,1H3. The third-order valence-electron chi connectivity index (χ3n) is 1.93. The lowest BCUT2D eigenvalue weighted by Gasteiger charge is -1.96. The zero-order chi connectivity index (χ0) is 9.26. The maximum absolute atomic E-state index is 8.84. The van der Waals surface area contributed by atoms with Crippen LogP contribution in [0.1, 0.15) is 5.76 Å². The predicted octanol–water partition coefficient (Wildman–Crippen LogP) is 1.93. The first-order valence-corrected chi connectivity index (χ1v) is 4.01. The van der Waals surface area contributed by atoms with Gasteiger partial charge in [0.2, 0.25) is 0 Å². The van der Waals surface area contributed by atoms with Crippen molar-refractivity contribution in [2.45, 2.75) is 6.61 Å². The van der Waals surface area contributed by atoms with Gasteiger partial charge in [-0.25, -0.2) is 0 Å². The van der Waals surface area contributed by atoms with Crippen LogP contribution in [-0.2, 0) is 6.61 Å². The summed E-state index contributed by atoms with van der Waals surface area (Å²) in [4.78, 5) is 0. The van der Waals surface area contributed by atoms with E-state index in [1.165, 1.54) is 0 Å². The van der Waals surface area contributed by atoms with Gasteiger partial charge in [0.1, 0.15) is 23.7 Å². The van der Waals surface area contributed by atoms with E-state index in [1.807, 2.05) is 18.2 Å². The topological polar surface area (TPSA) is 42.6 Å². The monoisotopic (exact) mass is 178 g/mol. The number of methoxy groups -OCH3 is 1. The van der Waals surface area contributed by atoms with Crippen LogP contribution in [0.25, 0.3) is 11.0 Å². The van der Waals surface area contributed by atoms with Crippen LogP contribution in [0.5, 0.6) is 5.75 Å². The second-order valence-corrected chi connectivity index (χ2v) is 2.77. The molecule has 1 N–H and O–H groups in total. The lowest BCUT2D eigenvalue weighted by atomic mass is 10.2. The van der Waals surface area contributed by atoms with E-state index in [0.717, 1.165) is 16.7 Å². The molecule has 2 rings (SSSR count). The van der Waals surface area contributed by atoms with Crippen molar-refractivity contribution < 1.29 is 14.3 Å². The Morgan fingerprint density at radius 3 is 2.92 bits per heavy atom. The number of aliphatic hydroxyl groups excluding tert-OH is 1. The average Bonchev–Trinajstić information content (AvgIpc) is 2.58. The molecule has 2 aromatic rings. The first-order chi connectivity index (χ1) is 6.33. The second kappa shape index (κ2) is 3.11. The number of fused-ring (bicyclic) bond motifs is 1. The molecule has 0 aliphatic rings. The van der Waals surface area contributed by atoms with Gasteiger partial charge in [0, 0.05) is 11.5 Å². The molecule has 68 valence electrons. The van der Waals surface area contributed by atoms with Gasteiger partial charge in [-0.1, -0.05) is 0 Å². The fourth-order valence-corrected chi connectivity index (χ4v) is 1.27. The molecule has 0 saturated carbocycles. The van der Waals surface area contributed by atoms with Crippen LogP contribution in [0.2, 0.25) is 0 Å². The van der Waals surface area contributed by atoms with Crippen molar-refractivity contribution in [3.05, 3.63) is 30.0 Å². The van der Waals surface area contributed by atoms with Gasteiger partial charge in [0.15, 0.2) is 0 Å². The largest absolute Gasteiger partial charge is 0.497 e. The summed E-state index contributed by atoms with van der Waals surface area (Å²) in [5, 5.41) is 9.82. The van der Waals surface area contributed by atoms with Crippen molar-refractivity contribution in [2.75, 3.05) is 7.11 Å². The molecule has 0 bridgehead atoms. The highest BCUT2D eigenvalue weighted by Gasteiger charge is 2.03. The Morgan fingerprint density at radius 1 is 1.38 bits per heavy atom. The van der Waals surface area contributed by atoms with Gasteiger partial charge in [-0.15, -0.1) is 0 Å². The van der Waals surface area contributed by atoms with E-state index in [-0.39, 0.29) is 6.61 Å². The molecule has 0 unspecified atom stereocenters. The SMILES string of the molecule is COc1ccc2cc(CO)oc2c1. The molecule has 0 spiro atoms. The molecule has 0 atom stereocenters. The Labute approximate surface area is 75.5 Å². The molecule has 1 heterocycles. The van der Waals surface area contributed by atoms with Crippen LogP contribution in [0.15, 0.2) is 28.7 Å². The van der Waals surface area contributed by atoms with Crippen molar-refractivity contribution in [3.63, 3.8) is 0 Å². The number of hydrogen-bond acceptors (Lipinski definition) is 3. The van der Waals surface area contributed by atoms with Gasteiger partial charge in [0.05, 0.1) is 7.11 Å². The molecule has 0 fully saturated rings. The van der Waals surface area contributed by atoms with Gasteiger partial charge in [-0.05, 0) is 18.2 Å². The molecule has 0 radical (unpaired) electrons. The van der Waals surface area contributed by atoms with Gasteiger partial charge < -0.3 is 14.3 Å². The van der Waals surface area contributed by atoms with Crippen molar-refractivity contribution in [1.82, 2.24) is 0 Å². The Morgan fingerprint density at radius 2 is 2.23 bits per heavy atom. The molecule has 3 nitrogen and oxygen atoms in total. The number of hydrogen-bond donors (Lipinski definition) is 1. The summed E-state index contributed by atoms with van der Waals surface area (Å²) in [5.74, 6) is 1.33. The van der Waals surface area contributed by atoms with Gasteiger partial charge in [-0.3, -0.25) is 0 Å². The quantitative estimate of drug-likeness (QED) is 0.764. The Hall–Kier alpha value is -1.48. The Kier molecular flexibility index (Phi) is 1.94. The molecule has 0 aliphatic carbocycles. The van der Waals surface area contributed by atoms with E-state index < -0.39 is 0 Å². The fraction of sp³-hybridized carbons (Fsp3) is 0.200. The zero-order valence-corrected chi connectivity index (χ0v) is 7.28. The normalized spacial score (nSPS) is 10.6. The van der Waals surface area contributed by atoms with Gasteiger partial charge in [-0.2, -0.15) is 0 Å². The lowest BCUT2D eigenvalue weighted by Crippen LogP contribution is -1.79. The highest BCUT2D eigenvalue weighted by Crippen LogP contribution is 2.23. The minimum absolute atomic E-state index is 0.0724. The summed E-state index contributed by atoms with van der Waals surface area (Å²) in [5.41, 5.74) is 0.739.